The number of likely N-dealkylation sites (tertiary alicyclic amines) is 1. The third-order valence-corrected chi connectivity index (χ3v) is 9.61. The van der Waals surface area contributed by atoms with Gasteiger partial charge in [-0.1, -0.05) is 38.3 Å². The number of hydrogen-bond acceptors (Lipinski definition) is 5. The van der Waals surface area contributed by atoms with Crippen LogP contribution < -0.4 is 4.74 Å². The summed E-state index contributed by atoms with van der Waals surface area (Å²) >= 11 is 0. The summed E-state index contributed by atoms with van der Waals surface area (Å²) in [5.41, 5.74) is 0.968. The van der Waals surface area contributed by atoms with Gasteiger partial charge in [0.05, 0.1) is 19.4 Å². The normalized spacial score (nSPS) is 17.7. The molecule has 208 valence electrons. The molecule has 8 nitrogen and oxygen atoms in total. The van der Waals surface area contributed by atoms with E-state index < -0.39 is 10.0 Å². The molecule has 0 unspecified atom stereocenters. The number of sulfonamides is 1. The minimum Gasteiger partial charge on any atom is -0.497 e. The van der Waals surface area contributed by atoms with E-state index in [0.29, 0.717) is 51.4 Å². The van der Waals surface area contributed by atoms with Crippen LogP contribution in [0.15, 0.2) is 24.3 Å². The molecule has 1 aromatic carbocycles. The second-order valence-corrected chi connectivity index (χ2v) is 12.7. The number of methoxy groups -OCH3 is 1. The van der Waals surface area contributed by atoms with Gasteiger partial charge in [0.2, 0.25) is 21.8 Å². The molecule has 1 aliphatic carbocycles. The fraction of sp³-hybridized carbons (Fsp3) is 0.714. The predicted octanol–water partition coefficient (Wildman–Crippen LogP) is 4.05. The molecule has 9 heteroatoms. The number of ether oxygens (including phenoxy) is 1. The maximum Gasteiger partial charge on any atom is 0.238 e. The lowest BCUT2D eigenvalue weighted by atomic mass is 9.89. The summed E-state index contributed by atoms with van der Waals surface area (Å²) in [6, 6.07) is 7.60. The summed E-state index contributed by atoms with van der Waals surface area (Å²) in [6.07, 6.45) is 8.24. The van der Waals surface area contributed by atoms with Crippen molar-refractivity contribution in [1.29, 1.82) is 0 Å². The standard InChI is InChI=1S/C28H45N3O5S/c1-4-9-27(32)29-18-16-25(17-19-29)31(21-24-12-14-26(36-3)15-13-24)28(33)22-30(37(34,35)5-2)20-23-10-7-6-8-11-23/h12-15,23,25H,4-11,16-22H2,1-3H3. The maximum atomic E-state index is 13.8. The Balaban J connectivity index is 1.77. The highest BCUT2D eigenvalue weighted by atomic mass is 32.2. The van der Waals surface area contributed by atoms with Crippen molar-refractivity contribution in [3.63, 3.8) is 0 Å². The topological polar surface area (TPSA) is 87.2 Å². The Bertz CT molecular complexity index is 968. The number of carbonyl (C=O) groups excluding carboxylic acids is 2. The summed E-state index contributed by atoms with van der Waals surface area (Å²) < 4.78 is 32.7. The number of carbonyl (C=O) groups is 2. The SMILES string of the molecule is CCCC(=O)N1CCC(N(Cc2ccc(OC)cc2)C(=O)CN(CC2CCCCC2)S(=O)(=O)CC)CC1. The number of nitrogens with zero attached hydrogens (tertiary/aromatic N) is 3. The summed E-state index contributed by atoms with van der Waals surface area (Å²) in [6.45, 7) is 5.58. The second kappa shape index (κ2) is 14.1. The number of piperidine rings is 1. The minimum atomic E-state index is -3.51. The maximum absolute atomic E-state index is 13.8. The summed E-state index contributed by atoms with van der Waals surface area (Å²) in [4.78, 5) is 30.0. The predicted molar refractivity (Wildman–Crippen MR) is 146 cm³/mol. The van der Waals surface area contributed by atoms with E-state index in [4.69, 9.17) is 4.74 Å². The van der Waals surface area contributed by atoms with Gasteiger partial charge in [0, 0.05) is 38.6 Å². The van der Waals surface area contributed by atoms with Gasteiger partial charge >= 0.3 is 0 Å². The van der Waals surface area contributed by atoms with Gasteiger partial charge in [-0.05, 0) is 62.6 Å². The fourth-order valence-electron chi connectivity index (χ4n) is 5.51. The van der Waals surface area contributed by atoms with Crippen molar-refractivity contribution in [2.24, 2.45) is 5.92 Å². The molecule has 1 saturated heterocycles. The lowest BCUT2D eigenvalue weighted by Crippen LogP contribution is -2.52. The van der Waals surface area contributed by atoms with Crippen LogP contribution in [-0.4, -0.2) is 79.4 Å². The van der Waals surface area contributed by atoms with E-state index in [1.54, 1.807) is 14.0 Å². The van der Waals surface area contributed by atoms with Crippen LogP contribution in [0.1, 0.15) is 77.2 Å². The van der Waals surface area contributed by atoms with Crippen molar-refractivity contribution < 1.29 is 22.7 Å². The molecule has 1 aromatic rings. The number of amides is 2. The molecule has 2 aliphatic rings. The molecule has 1 aliphatic heterocycles. The van der Waals surface area contributed by atoms with Crippen LogP contribution >= 0.6 is 0 Å². The third-order valence-electron chi connectivity index (χ3n) is 7.81. The molecule has 2 amide bonds. The number of hydrogen-bond donors (Lipinski definition) is 0. The monoisotopic (exact) mass is 535 g/mol. The van der Waals surface area contributed by atoms with Crippen LogP contribution in [-0.2, 0) is 26.2 Å². The zero-order valence-electron chi connectivity index (χ0n) is 22.9. The van der Waals surface area contributed by atoms with Crippen LogP contribution in [0.3, 0.4) is 0 Å². The van der Waals surface area contributed by atoms with Crippen molar-refractivity contribution in [2.75, 3.05) is 39.0 Å². The van der Waals surface area contributed by atoms with Crippen molar-refractivity contribution in [3.8, 4) is 5.75 Å². The molecule has 0 N–H and O–H groups in total. The Morgan fingerprint density at radius 3 is 2.22 bits per heavy atom. The van der Waals surface area contributed by atoms with Crippen molar-refractivity contribution >= 4 is 21.8 Å². The van der Waals surface area contributed by atoms with Gasteiger partial charge in [-0.2, -0.15) is 4.31 Å². The van der Waals surface area contributed by atoms with Crippen LogP contribution in [0.5, 0.6) is 5.75 Å². The van der Waals surface area contributed by atoms with E-state index in [2.05, 4.69) is 0 Å². The molecule has 0 spiro atoms. The highest BCUT2D eigenvalue weighted by Gasteiger charge is 2.33. The molecule has 0 aromatic heterocycles. The first-order valence-electron chi connectivity index (χ1n) is 13.9. The molecular weight excluding hydrogens is 490 g/mol. The van der Waals surface area contributed by atoms with Crippen LogP contribution in [0.25, 0.3) is 0 Å². The third kappa shape index (κ3) is 8.43. The molecular formula is C28H45N3O5S. The van der Waals surface area contributed by atoms with Crippen molar-refractivity contribution in [2.45, 2.75) is 84.2 Å². The highest BCUT2D eigenvalue weighted by molar-refractivity contribution is 7.89. The van der Waals surface area contributed by atoms with Gasteiger partial charge < -0.3 is 14.5 Å². The van der Waals surface area contributed by atoms with Crippen LogP contribution in [0, 0.1) is 5.92 Å². The van der Waals surface area contributed by atoms with Gasteiger partial charge in [0.15, 0.2) is 0 Å². The lowest BCUT2D eigenvalue weighted by Gasteiger charge is -2.39. The molecule has 37 heavy (non-hydrogen) atoms. The van der Waals surface area contributed by atoms with Gasteiger partial charge in [0.1, 0.15) is 5.75 Å². The molecule has 3 rings (SSSR count). The molecule has 2 fully saturated rings. The Hall–Kier alpha value is -2.13. The Morgan fingerprint density at radius 1 is 1.00 bits per heavy atom. The average molecular weight is 536 g/mol. The summed E-state index contributed by atoms with van der Waals surface area (Å²) in [5, 5.41) is 0. The first-order chi connectivity index (χ1) is 17.8. The van der Waals surface area contributed by atoms with Crippen molar-refractivity contribution in [1.82, 2.24) is 14.1 Å². The van der Waals surface area contributed by atoms with E-state index >= 15 is 0 Å². The zero-order chi connectivity index (χ0) is 26.8. The van der Waals surface area contributed by atoms with E-state index in [1.165, 1.54) is 10.7 Å². The molecule has 1 heterocycles. The van der Waals surface area contributed by atoms with Crippen LogP contribution in [0.2, 0.25) is 0 Å². The van der Waals surface area contributed by atoms with E-state index in [1.807, 2.05) is 41.0 Å². The molecule has 1 saturated carbocycles. The lowest BCUT2D eigenvalue weighted by molar-refractivity contribution is -0.137. The molecule has 0 atom stereocenters. The Morgan fingerprint density at radius 2 is 1.65 bits per heavy atom. The van der Waals surface area contributed by atoms with Gasteiger partial charge in [0.25, 0.3) is 0 Å². The summed E-state index contributed by atoms with van der Waals surface area (Å²) in [7, 11) is -1.89. The Kier molecular flexibility index (Phi) is 11.2. The summed E-state index contributed by atoms with van der Waals surface area (Å²) in [5.74, 6) is 1.05. The average Bonchev–Trinajstić information content (AvgIpc) is 2.92. The minimum absolute atomic E-state index is 0.0105. The highest BCUT2D eigenvalue weighted by Crippen LogP contribution is 2.26. The smallest absolute Gasteiger partial charge is 0.238 e. The van der Waals surface area contributed by atoms with E-state index in [-0.39, 0.29) is 30.2 Å². The Labute approximate surface area is 223 Å². The largest absolute Gasteiger partial charge is 0.497 e. The number of rotatable bonds is 12. The molecule has 0 bridgehead atoms. The number of benzene rings is 1. The quantitative estimate of drug-likeness (QED) is 0.403. The fourth-order valence-corrected chi connectivity index (χ4v) is 6.62. The molecule has 0 radical (unpaired) electrons. The first kappa shape index (κ1) is 29.4. The van der Waals surface area contributed by atoms with Gasteiger partial charge in [-0.15, -0.1) is 0 Å². The van der Waals surface area contributed by atoms with E-state index in [0.717, 1.165) is 43.4 Å². The van der Waals surface area contributed by atoms with Gasteiger partial charge in [-0.3, -0.25) is 9.59 Å². The first-order valence-corrected chi connectivity index (χ1v) is 15.6. The van der Waals surface area contributed by atoms with Crippen LogP contribution in [0.4, 0.5) is 0 Å². The van der Waals surface area contributed by atoms with Crippen molar-refractivity contribution in [3.05, 3.63) is 29.8 Å². The van der Waals surface area contributed by atoms with Gasteiger partial charge in [-0.25, -0.2) is 8.42 Å². The zero-order valence-corrected chi connectivity index (χ0v) is 23.7. The van der Waals surface area contributed by atoms with E-state index in [9.17, 15) is 18.0 Å². The second-order valence-electron chi connectivity index (χ2n) is 10.4.